The monoisotopic (exact) mass is 283 g/mol. The Hall–Kier alpha value is -2.69. The lowest BCUT2D eigenvalue weighted by atomic mass is 10.0. The summed E-state index contributed by atoms with van der Waals surface area (Å²) in [5, 5.41) is 2.78. The van der Waals surface area contributed by atoms with Crippen LogP contribution in [0.3, 0.4) is 0 Å². The Balaban J connectivity index is 2.08. The minimum Gasteiger partial charge on any atom is -0.364 e. The molecule has 0 aliphatic carbocycles. The molecule has 2 amide bonds. The average molecular weight is 283 g/mol. The van der Waals surface area contributed by atoms with E-state index < -0.39 is 5.91 Å². The third-order valence-corrected chi connectivity index (χ3v) is 3.11. The molecule has 21 heavy (non-hydrogen) atoms. The van der Waals surface area contributed by atoms with Crippen molar-refractivity contribution in [3.8, 4) is 0 Å². The van der Waals surface area contributed by atoms with Gasteiger partial charge in [-0.2, -0.15) is 0 Å². The molecule has 0 atom stereocenters. The number of nitrogens with two attached hydrogens (primary N) is 1. The molecule has 0 unspecified atom stereocenters. The van der Waals surface area contributed by atoms with Gasteiger partial charge in [-0.1, -0.05) is 26.0 Å². The van der Waals surface area contributed by atoms with Crippen molar-refractivity contribution in [1.82, 2.24) is 4.98 Å². The highest BCUT2D eigenvalue weighted by Gasteiger charge is 2.09. The first-order valence-corrected chi connectivity index (χ1v) is 6.64. The maximum absolute atomic E-state index is 12.0. The molecule has 0 radical (unpaired) electrons. The highest BCUT2D eigenvalue weighted by molar-refractivity contribution is 6.04. The van der Waals surface area contributed by atoms with Gasteiger partial charge in [-0.3, -0.25) is 14.6 Å². The first kappa shape index (κ1) is 14.7. The van der Waals surface area contributed by atoms with Crippen molar-refractivity contribution in [2.45, 2.75) is 19.8 Å². The zero-order chi connectivity index (χ0) is 15.4. The molecule has 2 aromatic rings. The van der Waals surface area contributed by atoms with Gasteiger partial charge in [0.2, 0.25) is 0 Å². The Kier molecular flexibility index (Phi) is 4.33. The predicted octanol–water partition coefficient (Wildman–Crippen LogP) is 2.56. The molecule has 1 aromatic heterocycles. The summed E-state index contributed by atoms with van der Waals surface area (Å²) in [5.41, 5.74) is 7.52. The normalized spacial score (nSPS) is 10.4. The number of pyridine rings is 1. The van der Waals surface area contributed by atoms with Crippen LogP contribution in [0.25, 0.3) is 0 Å². The van der Waals surface area contributed by atoms with Gasteiger partial charge in [0.15, 0.2) is 0 Å². The molecule has 0 fully saturated rings. The van der Waals surface area contributed by atoms with E-state index in [-0.39, 0.29) is 11.6 Å². The van der Waals surface area contributed by atoms with Crippen LogP contribution in [0.4, 0.5) is 5.69 Å². The third kappa shape index (κ3) is 3.66. The second kappa shape index (κ2) is 6.17. The Morgan fingerprint density at radius 1 is 1.10 bits per heavy atom. The van der Waals surface area contributed by atoms with Crippen LogP contribution in [-0.4, -0.2) is 16.8 Å². The SMILES string of the molecule is CC(C)c1ccc(NC(=O)c2ccc(C(N)=O)nc2)cc1. The van der Waals surface area contributed by atoms with Crippen LogP contribution in [0, 0.1) is 0 Å². The zero-order valence-corrected chi connectivity index (χ0v) is 12.0. The summed E-state index contributed by atoms with van der Waals surface area (Å²) in [4.78, 5) is 26.8. The second-order valence-electron chi connectivity index (χ2n) is 5.03. The van der Waals surface area contributed by atoms with Crippen LogP contribution in [-0.2, 0) is 0 Å². The second-order valence-corrected chi connectivity index (χ2v) is 5.03. The number of nitrogens with zero attached hydrogens (tertiary/aromatic N) is 1. The Morgan fingerprint density at radius 3 is 2.24 bits per heavy atom. The molecule has 1 aromatic carbocycles. The molecular formula is C16H17N3O2. The molecule has 1 heterocycles. The molecular weight excluding hydrogens is 266 g/mol. The number of carbonyl (C=O) groups excluding carboxylic acids is 2. The molecule has 0 bridgehead atoms. The summed E-state index contributed by atoms with van der Waals surface area (Å²) < 4.78 is 0. The van der Waals surface area contributed by atoms with E-state index in [1.165, 1.54) is 23.9 Å². The lowest BCUT2D eigenvalue weighted by molar-refractivity contribution is 0.0990. The van der Waals surface area contributed by atoms with Gasteiger partial charge in [0.05, 0.1) is 5.56 Å². The van der Waals surface area contributed by atoms with Crippen LogP contribution in [0.2, 0.25) is 0 Å². The number of hydrogen-bond acceptors (Lipinski definition) is 3. The standard InChI is InChI=1S/C16H17N3O2/c1-10(2)11-3-6-13(7-4-11)19-16(21)12-5-8-14(15(17)20)18-9-12/h3-10H,1-2H3,(H2,17,20)(H,19,21). The fourth-order valence-corrected chi connectivity index (χ4v) is 1.83. The van der Waals surface area contributed by atoms with E-state index in [4.69, 9.17) is 5.73 Å². The van der Waals surface area contributed by atoms with Gasteiger partial charge in [-0.05, 0) is 35.7 Å². The summed E-state index contributed by atoms with van der Waals surface area (Å²) in [7, 11) is 0. The molecule has 108 valence electrons. The number of carbonyl (C=O) groups is 2. The summed E-state index contributed by atoms with van der Waals surface area (Å²) >= 11 is 0. The van der Waals surface area contributed by atoms with Crippen molar-refractivity contribution in [2.24, 2.45) is 5.73 Å². The topological polar surface area (TPSA) is 85.1 Å². The first-order chi connectivity index (χ1) is 9.97. The van der Waals surface area contributed by atoms with Crippen molar-refractivity contribution in [3.63, 3.8) is 0 Å². The van der Waals surface area contributed by atoms with Gasteiger partial charge in [-0.25, -0.2) is 0 Å². The lowest BCUT2D eigenvalue weighted by Crippen LogP contribution is -2.15. The molecule has 3 N–H and O–H groups in total. The van der Waals surface area contributed by atoms with Gasteiger partial charge >= 0.3 is 0 Å². The number of primary amides is 1. The zero-order valence-electron chi connectivity index (χ0n) is 12.0. The van der Waals surface area contributed by atoms with E-state index in [0.29, 0.717) is 17.2 Å². The van der Waals surface area contributed by atoms with Gasteiger partial charge in [0, 0.05) is 11.9 Å². The number of amides is 2. The maximum Gasteiger partial charge on any atom is 0.267 e. The Bertz CT molecular complexity index is 646. The molecule has 0 aliphatic heterocycles. The van der Waals surface area contributed by atoms with Gasteiger partial charge < -0.3 is 11.1 Å². The molecule has 2 rings (SSSR count). The largest absolute Gasteiger partial charge is 0.364 e. The van der Waals surface area contributed by atoms with Crippen LogP contribution in [0.1, 0.15) is 46.2 Å². The van der Waals surface area contributed by atoms with Crippen LogP contribution in [0.5, 0.6) is 0 Å². The predicted molar refractivity (Wildman–Crippen MR) is 81.2 cm³/mol. The molecule has 5 heteroatoms. The van der Waals surface area contributed by atoms with E-state index in [9.17, 15) is 9.59 Å². The van der Waals surface area contributed by atoms with Crippen LogP contribution < -0.4 is 11.1 Å². The number of benzene rings is 1. The lowest BCUT2D eigenvalue weighted by Gasteiger charge is -2.08. The minimum absolute atomic E-state index is 0.132. The van der Waals surface area contributed by atoms with E-state index in [2.05, 4.69) is 24.1 Å². The quantitative estimate of drug-likeness (QED) is 0.904. The third-order valence-electron chi connectivity index (χ3n) is 3.11. The van der Waals surface area contributed by atoms with Crippen molar-refractivity contribution < 1.29 is 9.59 Å². The number of rotatable bonds is 4. The van der Waals surface area contributed by atoms with Crippen molar-refractivity contribution >= 4 is 17.5 Å². The maximum atomic E-state index is 12.0. The highest BCUT2D eigenvalue weighted by atomic mass is 16.2. The van der Waals surface area contributed by atoms with E-state index in [0.717, 1.165) is 0 Å². The number of aromatic nitrogens is 1. The molecule has 0 saturated carbocycles. The Morgan fingerprint density at radius 2 is 1.76 bits per heavy atom. The van der Waals surface area contributed by atoms with E-state index in [1.807, 2.05) is 24.3 Å². The summed E-state index contributed by atoms with van der Waals surface area (Å²) in [5.74, 6) is -0.456. The van der Waals surface area contributed by atoms with Gasteiger partial charge in [-0.15, -0.1) is 0 Å². The summed E-state index contributed by atoms with van der Waals surface area (Å²) in [6.07, 6.45) is 1.33. The molecule has 0 saturated heterocycles. The van der Waals surface area contributed by atoms with Gasteiger partial charge in [0.1, 0.15) is 5.69 Å². The van der Waals surface area contributed by atoms with E-state index in [1.54, 1.807) is 0 Å². The molecule has 0 aliphatic rings. The molecule has 5 nitrogen and oxygen atoms in total. The Labute approximate surface area is 123 Å². The van der Waals surface area contributed by atoms with Gasteiger partial charge in [0.25, 0.3) is 11.8 Å². The minimum atomic E-state index is -0.619. The average Bonchev–Trinajstić information content (AvgIpc) is 2.47. The smallest absolute Gasteiger partial charge is 0.267 e. The van der Waals surface area contributed by atoms with Crippen molar-refractivity contribution in [2.75, 3.05) is 5.32 Å². The van der Waals surface area contributed by atoms with Crippen LogP contribution in [0.15, 0.2) is 42.6 Å². The fraction of sp³-hybridized carbons (Fsp3) is 0.188. The van der Waals surface area contributed by atoms with Crippen molar-refractivity contribution in [3.05, 3.63) is 59.4 Å². The molecule has 0 spiro atoms. The fourth-order valence-electron chi connectivity index (χ4n) is 1.83. The highest BCUT2D eigenvalue weighted by Crippen LogP contribution is 2.17. The van der Waals surface area contributed by atoms with E-state index >= 15 is 0 Å². The first-order valence-electron chi connectivity index (χ1n) is 6.64. The summed E-state index contributed by atoms with van der Waals surface area (Å²) in [6.45, 7) is 4.22. The number of nitrogens with one attached hydrogen (secondary N) is 1. The van der Waals surface area contributed by atoms with Crippen LogP contribution >= 0.6 is 0 Å². The number of anilines is 1. The van der Waals surface area contributed by atoms with Crippen molar-refractivity contribution in [1.29, 1.82) is 0 Å². The number of hydrogen-bond donors (Lipinski definition) is 2. The summed E-state index contributed by atoms with van der Waals surface area (Å²) in [6, 6.07) is 10.6.